The summed E-state index contributed by atoms with van der Waals surface area (Å²) in [4.78, 5) is 27.5. The zero-order valence-electron chi connectivity index (χ0n) is 12.2. The van der Waals surface area contributed by atoms with Crippen LogP contribution in [0.5, 0.6) is 0 Å². The number of aryl methyl sites for hydroxylation is 1. The summed E-state index contributed by atoms with van der Waals surface area (Å²) in [5.74, 6) is -1.08. The number of aromatic nitrogens is 2. The number of carbonyl (C=O) groups is 1. The summed E-state index contributed by atoms with van der Waals surface area (Å²) in [5.41, 5.74) is 1.96. The van der Waals surface area contributed by atoms with E-state index in [2.05, 4.69) is 4.98 Å². The second-order valence-corrected chi connectivity index (χ2v) is 6.19. The van der Waals surface area contributed by atoms with Crippen molar-refractivity contribution in [2.75, 3.05) is 5.75 Å². The van der Waals surface area contributed by atoms with Gasteiger partial charge in [-0.3, -0.25) is 14.2 Å². The van der Waals surface area contributed by atoms with E-state index in [4.69, 9.17) is 16.7 Å². The fraction of sp³-hybridized carbons (Fsp3) is 0.267. The Kier molecular flexibility index (Phi) is 5.26. The first-order valence-electron chi connectivity index (χ1n) is 6.54. The minimum atomic E-state index is -0.945. The van der Waals surface area contributed by atoms with Crippen LogP contribution in [0.4, 0.5) is 0 Å². The van der Waals surface area contributed by atoms with Gasteiger partial charge in [-0.05, 0) is 24.6 Å². The monoisotopic (exact) mass is 338 g/mol. The summed E-state index contributed by atoms with van der Waals surface area (Å²) in [6, 6.07) is 7.33. The standard InChI is InChI=1S/C15H15ClN2O3S/c1-9-12(7-10-4-3-5-11(16)6-10)14(21)18(2)15(17-9)22-8-13(19)20/h3-6H,7-8H2,1-2H3,(H,19,20). The van der Waals surface area contributed by atoms with Gasteiger partial charge in [0, 0.05) is 29.7 Å². The molecule has 0 atom stereocenters. The van der Waals surface area contributed by atoms with Crippen molar-refractivity contribution in [1.82, 2.24) is 9.55 Å². The first-order chi connectivity index (χ1) is 10.4. The summed E-state index contributed by atoms with van der Waals surface area (Å²) in [6.07, 6.45) is 0.440. The number of benzene rings is 1. The Hall–Kier alpha value is -1.79. The third kappa shape index (κ3) is 3.90. The molecule has 0 radical (unpaired) electrons. The van der Waals surface area contributed by atoms with Gasteiger partial charge in [0.15, 0.2) is 5.16 Å². The number of carboxylic acid groups (broad SMARTS) is 1. The molecule has 0 bridgehead atoms. The predicted octanol–water partition coefficient (Wildman–Crippen LogP) is 2.51. The molecule has 116 valence electrons. The first-order valence-corrected chi connectivity index (χ1v) is 7.90. The molecule has 1 N–H and O–H groups in total. The van der Waals surface area contributed by atoms with Gasteiger partial charge in [0.1, 0.15) is 0 Å². The van der Waals surface area contributed by atoms with Gasteiger partial charge in [-0.2, -0.15) is 0 Å². The molecule has 1 aromatic carbocycles. The van der Waals surface area contributed by atoms with Crippen molar-refractivity contribution in [3.63, 3.8) is 0 Å². The van der Waals surface area contributed by atoms with E-state index in [1.807, 2.05) is 18.2 Å². The van der Waals surface area contributed by atoms with Crippen LogP contribution in [0.2, 0.25) is 5.02 Å². The number of halogens is 1. The van der Waals surface area contributed by atoms with Gasteiger partial charge in [-0.1, -0.05) is 35.5 Å². The maximum atomic E-state index is 12.5. The molecule has 5 nitrogen and oxygen atoms in total. The fourth-order valence-electron chi connectivity index (χ4n) is 2.04. The van der Waals surface area contributed by atoms with Crippen molar-refractivity contribution in [1.29, 1.82) is 0 Å². The van der Waals surface area contributed by atoms with Crippen LogP contribution in [0.15, 0.2) is 34.2 Å². The van der Waals surface area contributed by atoms with E-state index in [0.29, 0.717) is 27.9 Å². The summed E-state index contributed by atoms with van der Waals surface area (Å²) in [6.45, 7) is 1.76. The number of thioether (sulfide) groups is 1. The quantitative estimate of drug-likeness (QED) is 0.670. The van der Waals surface area contributed by atoms with E-state index < -0.39 is 5.97 Å². The first kappa shape index (κ1) is 16.6. The lowest BCUT2D eigenvalue weighted by atomic mass is 10.1. The van der Waals surface area contributed by atoms with Crippen LogP contribution < -0.4 is 5.56 Å². The SMILES string of the molecule is Cc1nc(SCC(=O)O)n(C)c(=O)c1Cc1cccc(Cl)c1. The lowest BCUT2D eigenvalue weighted by molar-refractivity contribution is -0.133. The van der Waals surface area contributed by atoms with Gasteiger partial charge in [0.05, 0.1) is 5.75 Å². The molecule has 22 heavy (non-hydrogen) atoms. The van der Waals surface area contributed by atoms with Gasteiger partial charge in [0.25, 0.3) is 5.56 Å². The highest BCUT2D eigenvalue weighted by Gasteiger charge is 2.14. The molecule has 0 saturated heterocycles. The van der Waals surface area contributed by atoms with E-state index in [-0.39, 0.29) is 11.3 Å². The molecule has 0 spiro atoms. The normalized spacial score (nSPS) is 10.7. The van der Waals surface area contributed by atoms with Gasteiger partial charge in [-0.15, -0.1) is 0 Å². The second kappa shape index (κ2) is 6.98. The molecule has 0 amide bonds. The van der Waals surface area contributed by atoms with Crippen LogP contribution in [0.3, 0.4) is 0 Å². The van der Waals surface area contributed by atoms with Crippen molar-refractivity contribution in [2.24, 2.45) is 7.05 Å². The number of rotatable bonds is 5. The molecule has 0 saturated carbocycles. The number of aliphatic carboxylic acids is 1. The van der Waals surface area contributed by atoms with Crippen molar-refractivity contribution >= 4 is 29.3 Å². The number of hydrogen-bond donors (Lipinski definition) is 1. The highest BCUT2D eigenvalue weighted by Crippen LogP contribution is 2.18. The van der Waals surface area contributed by atoms with Crippen LogP contribution in [0.25, 0.3) is 0 Å². The smallest absolute Gasteiger partial charge is 0.313 e. The van der Waals surface area contributed by atoms with Crippen molar-refractivity contribution < 1.29 is 9.90 Å². The largest absolute Gasteiger partial charge is 0.481 e. The molecule has 7 heteroatoms. The van der Waals surface area contributed by atoms with E-state index in [9.17, 15) is 9.59 Å². The second-order valence-electron chi connectivity index (χ2n) is 4.81. The predicted molar refractivity (Wildman–Crippen MR) is 86.8 cm³/mol. The summed E-state index contributed by atoms with van der Waals surface area (Å²) >= 11 is 6.99. The van der Waals surface area contributed by atoms with E-state index in [1.54, 1.807) is 20.0 Å². The minimum Gasteiger partial charge on any atom is -0.481 e. The fourth-order valence-corrected chi connectivity index (χ4v) is 2.98. The van der Waals surface area contributed by atoms with E-state index >= 15 is 0 Å². The summed E-state index contributed by atoms with van der Waals surface area (Å²) in [7, 11) is 1.60. The maximum absolute atomic E-state index is 12.5. The Morgan fingerprint density at radius 2 is 2.18 bits per heavy atom. The molecule has 0 unspecified atom stereocenters. The highest BCUT2D eigenvalue weighted by molar-refractivity contribution is 7.99. The molecule has 0 aliphatic heterocycles. The van der Waals surface area contributed by atoms with Crippen molar-refractivity contribution in [2.45, 2.75) is 18.5 Å². The Morgan fingerprint density at radius 3 is 2.82 bits per heavy atom. The average molecular weight is 339 g/mol. The number of carboxylic acids is 1. The van der Waals surface area contributed by atoms with E-state index in [1.165, 1.54) is 4.57 Å². The molecule has 0 aliphatic carbocycles. The van der Waals surface area contributed by atoms with Crippen LogP contribution in [-0.4, -0.2) is 26.4 Å². The molecular weight excluding hydrogens is 324 g/mol. The molecule has 1 aromatic heterocycles. The number of nitrogens with zero attached hydrogens (tertiary/aromatic N) is 2. The third-order valence-corrected chi connectivity index (χ3v) is 4.39. The lowest BCUT2D eigenvalue weighted by Gasteiger charge is -2.11. The highest BCUT2D eigenvalue weighted by atomic mass is 35.5. The summed E-state index contributed by atoms with van der Waals surface area (Å²) in [5, 5.41) is 9.75. The molecule has 0 aliphatic rings. The molecule has 1 heterocycles. The average Bonchev–Trinajstić information content (AvgIpc) is 2.46. The van der Waals surface area contributed by atoms with Gasteiger partial charge < -0.3 is 5.11 Å². The Bertz CT molecular complexity index is 774. The Labute approximate surface area is 137 Å². The molecular formula is C15H15ClN2O3S. The van der Waals surface area contributed by atoms with Gasteiger partial charge in [-0.25, -0.2) is 4.98 Å². The molecule has 2 aromatic rings. The zero-order chi connectivity index (χ0) is 16.3. The summed E-state index contributed by atoms with van der Waals surface area (Å²) < 4.78 is 1.39. The number of hydrogen-bond acceptors (Lipinski definition) is 4. The van der Waals surface area contributed by atoms with Gasteiger partial charge in [0.2, 0.25) is 0 Å². The molecule has 0 fully saturated rings. The topological polar surface area (TPSA) is 72.2 Å². The molecule has 2 rings (SSSR count). The van der Waals surface area contributed by atoms with Crippen LogP contribution in [0, 0.1) is 6.92 Å². The zero-order valence-corrected chi connectivity index (χ0v) is 13.7. The van der Waals surface area contributed by atoms with E-state index in [0.717, 1.165) is 17.3 Å². The Morgan fingerprint density at radius 1 is 1.45 bits per heavy atom. The van der Waals surface area contributed by atoms with Crippen molar-refractivity contribution in [3.05, 3.63) is 56.5 Å². The maximum Gasteiger partial charge on any atom is 0.313 e. The van der Waals surface area contributed by atoms with Crippen LogP contribution >= 0.6 is 23.4 Å². The van der Waals surface area contributed by atoms with Crippen molar-refractivity contribution in [3.8, 4) is 0 Å². The lowest BCUT2D eigenvalue weighted by Crippen LogP contribution is -2.26. The van der Waals surface area contributed by atoms with Crippen LogP contribution in [-0.2, 0) is 18.3 Å². The van der Waals surface area contributed by atoms with Gasteiger partial charge >= 0.3 is 5.97 Å². The Balaban J connectivity index is 2.35. The minimum absolute atomic E-state index is 0.132. The third-order valence-electron chi connectivity index (χ3n) is 3.14. The van der Waals surface area contributed by atoms with Crippen LogP contribution in [0.1, 0.15) is 16.8 Å².